The van der Waals surface area contributed by atoms with E-state index in [2.05, 4.69) is 34.0 Å². The number of benzene rings is 3. The molecule has 28 heavy (non-hydrogen) atoms. The number of hydrogen-bond donors (Lipinski definition) is 1. The molecule has 0 fully saturated rings. The molecule has 3 aromatic rings. The number of anilines is 1. The average Bonchev–Trinajstić information content (AvgIpc) is 2.67. The van der Waals surface area contributed by atoms with Crippen LogP contribution in [0.3, 0.4) is 0 Å². The van der Waals surface area contributed by atoms with Crippen LogP contribution in [0.1, 0.15) is 18.1 Å². The highest BCUT2D eigenvalue weighted by molar-refractivity contribution is 14.1. The second kappa shape index (κ2) is 10.2. The Kier molecular flexibility index (Phi) is 7.71. The van der Waals surface area contributed by atoms with E-state index in [1.54, 1.807) is 0 Å². The Morgan fingerprint density at radius 3 is 2.39 bits per heavy atom. The second-order valence-corrected chi connectivity index (χ2v) is 8.15. The fraction of sp³-hybridized carbons (Fsp3) is 0.182. The Balaban J connectivity index is 1.74. The van der Waals surface area contributed by atoms with Crippen LogP contribution in [0.5, 0.6) is 11.5 Å². The number of ether oxygens (including phenoxy) is 2. The maximum Gasteiger partial charge on any atom is 0.174 e. The summed E-state index contributed by atoms with van der Waals surface area (Å²) >= 11 is 14.3. The van der Waals surface area contributed by atoms with Gasteiger partial charge in [-0.1, -0.05) is 35.3 Å². The van der Waals surface area contributed by atoms with Gasteiger partial charge in [-0.05, 0) is 89.2 Å². The zero-order valence-electron chi connectivity index (χ0n) is 15.3. The van der Waals surface area contributed by atoms with Crippen molar-refractivity contribution in [2.75, 3.05) is 11.9 Å². The predicted octanol–water partition coefficient (Wildman–Crippen LogP) is 7.19. The minimum atomic E-state index is 0.430. The highest BCUT2D eigenvalue weighted by Crippen LogP contribution is 2.35. The maximum absolute atomic E-state index is 6.07. The van der Waals surface area contributed by atoms with Crippen LogP contribution < -0.4 is 14.8 Å². The molecule has 0 aliphatic rings. The van der Waals surface area contributed by atoms with Crippen LogP contribution in [-0.2, 0) is 13.2 Å². The molecule has 0 aromatic heterocycles. The second-order valence-electron chi connectivity index (χ2n) is 6.12. The molecule has 1 N–H and O–H groups in total. The van der Waals surface area contributed by atoms with Crippen LogP contribution in [-0.4, -0.2) is 6.61 Å². The number of nitrogens with one attached hydrogen (secondary N) is 1. The van der Waals surface area contributed by atoms with Crippen LogP contribution in [0.4, 0.5) is 5.69 Å². The lowest BCUT2D eigenvalue weighted by atomic mass is 10.2. The summed E-state index contributed by atoms with van der Waals surface area (Å²) in [7, 11) is 0. The van der Waals surface area contributed by atoms with Crippen molar-refractivity contribution in [3.63, 3.8) is 0 Å². The first-order chi connectivity index (χ1) is 13.5. The molecule has 146 valence electrons. The molecule has 0 atom stereocenters. The van der Waals surface area contributed by atoms with Crippen molar-refractivity contribution in [1.82, 2.24) is 0 Å². The monoisotopic (exact) mass is 527 g/mol. The van der Waals surface area contributed by atoms with Crippen LogP contribution in [0.2, 0.25) is 10.0 Å². The van der Waals surface area contributed by atoms with Crippen LogP contribution in [0.15, 0.2) is 60.7 Å². The molecule has 6 heteroatoms. The molecule has 0 radical (unpaired) electrons. The van der Waals surface area contributed by atoms with E-state index in [1.165, 1.54) is 0 Å². The van der Waals surface area contributed by atoms with Crippen molar-refractivity contribution in [2.45, 2.75) is 20.1 Å². The number of rotatable bonds is 8. The minimum absolute atomic E-state index is 0.430. The average molecular weight is 528 g/mol. The third-order valence-corrected chi connectivity index (χ3v) is 5.27. The quantitative estimate of drug-likeness (QED) is 0.314. The Labute approximate surface area is 189 Å². The van der Waals surface area contributed by atoms with Crippen LogP contribution >= 0.6 is 45.8 Å². The minimum Gasteiger partial charge on any atom is -0.490 e. The highest BCUT2D eigenvalue weighted by atomic mass is 127. The zero-order valence-corrected chi connectivity index (χ0v) is 19.0. The zero-order chi connectivity index (χ0) is 19.9. The normalized spacial score (nSPS) is 10.6. The van der Waals surface area contributed by atoms with Crippen molar-refractivity contribution in [3.05, 3.63) is 85.4 Å². The standard InChI is InChI=1S/C22H20Cl2INO2/c1-2-27-21-12-16(13-26-19-8-6-17(23)7-9-19)11-20(25)22(21)28-14-15-4-3-5-18(24)10-15/h3-12,26H,2,13-14H2,1H3. The summed E-state index contributed by atoms with van der Waals surface area (Å²) in [4.78, 5) is 0. The molecule has 0 heterocycles. The maximum atomic E-state index is 6.07. The SMILES string of the molecule is CCOc1cc(CNc2ccc(Cl)cc2)cc(I)c1OCc1cccc(Cl)c1. The summed E-state index contributed by atoms with van der Waals surface area (Å²) in [5, 5.41) is 4.82. The van der Waals surface area contributed by atoms with Gasteiger partial charge in [0.05, 0.1) is 10.2 Å². The third-order valence-electron chi connectivity index (χ3n) is 3.98. The molecule has 0 bridgehead atoms. The molecule has 0 unspecified atom stereocenters. The van der Waals surface area contributed by atoms with E-state index in [0.717, 1.165) is 36.9 Å². The molecule has 0 spiro atoms. The van der Waals surface area contributed by atoms with Crippen molar-refractivity contribution >= 4 is 51.5 Å². The molecule has 3 nitrogen and oxygen atoms in total. The van der Waals surface area contributed by atoms with Crippen molar-refractivity contribution in [2.24, 2.45) is 0 Å². The van der Waals surface area contributed by atoms with E-state index in [9.17, 15) is 0 Å². The van der Waals surface area contributed by atoms with Crippen molar-refractivity contribution in [3.8, 4) is 11.5 Å². The van der Waals surface area contributed by atoms with E-state index in [4.69, 9.17) is 32.7 Å². The van der Waals surface area contributed by atoms with Gasteiger partial charge in [-0.25, -0.2) is 0 Å². The molecule has 0 saturated carbocycles. The largest absolute Gasteiger partial charge is 0.490 e. The predicted molar refractivity (Wildman–Crippen MR) is 125 cm³/mol. The molecule has 0 saturated heterocycles. The smallest absolute Gasteiger partial charge is 0.174 e. The lowest BCUT2D eigenvalue weighted by Crippen LogP contribution is -2.05. The molecule has 3 rings (SSSR count). The first kappa shape index (κ1) is 21.1. The molecular formula is C22H20Cl2INO2. The van der Waals surface area contributed by atoms with Crippen molar-refractivity contribution in [1.29, 1.82) is 0 Å². The molecule has 0 amide bonds. The van der Waals surface area contributed by atoms with Gasteiger partial charge in [-0.2, -0.15) is 0 Å². The van der Waals surface area contributed by atoms with Crippen LogP contribution in [0, 0.1) is 3.57 Å². The fourth-order valence-corrected chi connectivity index (χ4v) is 3.84. The van der Waals surface area contributed by atoms with E-state index in [0.29, 0.717) is 24.8 Å². The van der Waals surface area contributed by atoms with Gasteiger partial charge in [0.25, 0.3) is 0 Å². The summed E-state index contributed by atoms with van der Waals surface area (Å²) in [6, 6.07) is 19.4. The van der Waals surface area contributed by atoms with Gasteiger partial charge in [-0.3, -0.25) is 0 Å². The molecule has 0 aliphatic heterocycles. The molecule has 0 aliphatic carbocycles. The van der Waals surface area contributed by atoms with Gasteiger partial charge < -0.3 is 14.8 Å². The van der Waals surface area contributed by atoms with Gasteiger partial charge in [-0.15, -0.1) is 0 Å². The highest BCUT2D eigenvalue weighted by Gasteiger charge is 2.13. The third kappa shape index (κ3) is 5.93. The van der Waals surface area contributed by atoms with E-state index in [1.807, 2.05) is 61.5 Å². The van der Waals surface area contributed by atoms with Gasteiger partial charge in [0.2, 0.25) is 0 Å². The fourth-order valence-electron chi connectivity index (χ4n) is 2.68. The Morgan fingerprint density at radius 2 is 1.68 bits per heavy atom. The Morgan fingerprint density at radius 1 is 0.893 bits per heavy atom. The van der Waals surface area contributed by atoms with E-state index >= 15 is 0 Å². The number of halogens is 3. The summed E-state index contributed by atoms with van der Waals surface area (Å²) in [5.41, 5.74) is 3.13. The first-order valence-corrected chi connectivity index (χ1v) is 10.7. The van der Waals surface area contributed by atoms with Gasteiger partial charge in [0.15, 0.2) is 11.5 Å². The number of hydrogen-bond acceptors (Lipinski definition) is 3. The van der Waals surface area contributed by atoms with Gasteiger partial charge in [0.1, 0.15) is 6.61 Å². The Hall–Kier alpha value is -1.63. The first-order valence-electron chi connectivity index (χ1n) is 8.87. The summed E-state index contributed by atoms with van der Waals surface area (Å²) < 4.78 is 12.9. The summed E-state index contributed by atoms with van der Waals surface area (Å²) in [6.45, 7) is 3.63. The lowest BCUT2D eigenvalue weighted by molar-refractivity contribution is 0.267. The topological polar surface area (TPSA) is 30.5 Å². The lowest BCUT2D eigenvalue weighted by Gasteiger charge is -2.16. The summed E-state index contributed by atoms with van der Waals surface area (Å²) in [6.07, 6.45) is 0. The van der Waals surface area contributed by atoms with Crippen molar-refractivity contribution < 1.29 is 9.47 Å². The molecule has 3 aromatic carbocycles. The van der Waals surface area contributed by atoms with E-state index in [-0.39, 0.29) is 0 Å². The van der Waals surface area contributed by atoms with Crippen LogP contribution in [0.25, 0.3) is 0 Å². The molecular weight excluding hydrogens is 508 g/mol. The summed E-state index contributed by atoms with van der Waals surface area (Å²) in [5.74, 6) is 1.49. The Bertz CT molecular complexity index is 932. The van der Waals surface area contributed by atoms with Gasteiger partial charge in [0, 0.05) is 22.3 Å². The van der Waals surface area contributed by atoms with E-state index < -0.39 is 0 Å². The van der Waals surface area contributed by atoms with Gasteiger partial charge >= 0.3 is 0 Å².